The molecule has 2 aromatic heterocycles. The molecule has 0 radical (unpaired) electrons. The van der Waals surface area contributed by atoms with Crippen molar-refractivity contribution in [2.45, 2.75) is 44.6 Å². The first-order valence-electron chi connectivity index (χ1n) is 11.5. The zero-order chi connectivity index (χ0) is 22.4. The van der Waals surface area contributed by atoms with Gasteiger partial charge in [0.25, 0.3) is 0 Å². The lowest BCUT2D eigenvalue weighted by Crippen LogP contribution is -2.07. The van der Waals surface area contributed by atoms with Crippen molar-refractivity contribution in [2.75, 3.05) is 7.11 Å². The standard InChI is InChI=1S/C26H25N5O2/c1-33-26(32)18-11-12-21-22(14-18)31-15-19(25-27-29-30-28-25)13-17-9-5-6-10-20(17)24(31)23(21)16-7-3-2-4-8-16/h5-6,9-14,16H,2-4,7-8,15H2,1H3,(H,27,28,29,30). The Kier molecular flexibility index (Phi) is 4.82. The Labute approximate surface area is 191 Å². The number of H-pyrrole nitrogens is 1. The van der Waals surface area contributed by atoms with E-state index in [1.165, 1.54) is 61.4 Å². The first kappa shape index (κ1) is 19.9. The van der Waals surface area contributed by atoms with Crippen LogP contribution in [0.1, 0.15) is 65.3 Å². The summed E-state index contributed by atoms with van der Waals surface area (Å²) in [5.74, 6) is 0.835. The molecule has 0 atom stereocenters. The number of nitrogens with zero attached hydrogens (tertiary/aromatic N) is 4. The van der Waals surface area contributed by atoms with Crippen LogP contribution < -0.4 is 0 Å². The average Bonchev–Trinajstić information content (AvgIpc) is 3.47. The highest BCUT2D eigenvalue weighted by Crippen LogP contribution is 2.47. The maximum absolute atomic E-state index is 12.4. The van der Waals surface area contributed by atoms with E-state index in [1.54, 1.807) is 0 Å². The van der Waals surface area contributed by atoms with Crippen LogP contribution in [0.5, 0.6) is 0 Å². The van der Waals surface area contributed by atoms with Gasteiger partial charge >= 0.3 is 5.97 Å². The Bertz CT molecular complexity index is 1380. The summed E-state index contributed by atoms with van der Waals surface area (Å²) in [7, 11) is 1.42. The fourth-order valence-corrected chi connectivity index (χ4v) is 5.56. The predicted octanol–water partition coefficient (Wildman–Crippen LogP) is 5.21. The summed E-state index contributed by atoms with van der Waals surface area (Å²) in [6, 6.07) is 14.5. The largest absolute Gasteiger partial charge is 0.465 e. The minimum Gasteiger partial charge on any atom is -0.465 e. The third-order valence-corrected chi connectivity index (χ3v) is 7.06. The van der Waals surface area contributed by atoms with Crippen molar-refractivity contribution in [1.29, 1.82) is 0 Å². The van der Waals surface area contributed by atoms with Crippen molar-refractivity contribution in [2.24, 2.45) is 0 Å². The van der Waals surface area contributed by atoms with Gasteiger partial charge in [0.15, 0.2) is 5.82 Å². The SMILES string of the molecule is COC(=O)c1ccc2c(C3CCCCC3)c3n(c2c1)CC(c1nnn[nH]1)=Cc1ccccc1-3. The number of allylic oxidation sites excluding steroid dienone is 1. The van der Waals surface area contributed by atoms with Crippen molar-refractivity contribution < 1.29 is 9.53 Å². The monoisotopic (exact) mass is 439 g/mol. The zero-order valence-corrected chi connectivity index (χ0v) is 18.5. The second kappa shape index (κ2) is 7.99. The number of rotatable bonds is 3. The Morgan fingerprint density at radius 2 is 1.97 bits per heavy atom. The van der Waals surface area contributed by atoms with Gasteiger partial charge in [-0.3, -0.25) is 0 Å². The summed E-state index contributed by atoms with van der Waals surface area (Å²) in [6.45, 7) is 0.606. The van der Waals surface area contributed by atoms with Crippen LogP contribution >= 0.6 is 0 Å². The molecule has 2 aromatic carbocycles. The van der Waals surface area contributed by atoms with Crippen molar-refractivity contribution in [3.05, 3.63) is 65.0 Å². The molecule has 33 heavy (non-hydrogen) atoms. The van der Waals surface area contributed by atoms with Crippen molar-refractivity contribution in [3.8, 4) is 11.3 Å². The molecule has 0 amide bonds. The molecule has 1 N–H and O–H groups in total. The van der Waals surface area contributed by atoms with Crippen LogP contribution in [0.25, 0.3) is 33.8 Å². The number of aromatic amines is 1. The Balaban J connectivity index is 1.67. The molecular weight excluding hydrogens is 414 g/mol. The molecular formula is C26H25N5O2. The molecule has 2 aliphatic rings. The number of nitrogens with one attached hydrogen (secondary N) is 1. The van der Waals surface area contributed by atoms with E-state index in [1.807, 2.05) is 12.1 Å². The average molecular weight is 440 g/mol. The maximum atomic E-state index is 12.4. The number of carbonyl (C=O) groups is 1. The number of hydrogen-bond acceptors (Lipinski definition) is 5. The number of esters is 1. The van der Waals surface area contributed by atoms with E-state index in [4.69, 9.17) is 4.74 Å². The molecule has 0 spiro atoms. The molecule has 4 aromatic rings. The van der Waals surface area contributed by atoms with Crippen molar-refractivity contribution >= 4 is 28.5 Å². The highest BCUT2D eigenvalue weighted by molar-refractivity contribution is 6.01. The molecule has 1 saturated carbocycles. The molecule has 7 nitrogen and oxygen atoms in total. The third kappa shape index (κ3) is 3.26. The fraction of sp³-hybridized carbons (Fsp3) is 0.308. The van der Waals surface area contributed by atoms with Crippen LogP contribution in [0.4, 0.5) is 0 Å². The summed E-state index contributed by atoms with van der Waals surface area (Å²) in [5, 5.41) is 15.9. The van der Waals surface area contributed by atoms with Gasteiger partial charge in [-0.1, -0.05) is 49.6 Å². The van der Waals surface area contributed by atoms with Gasteiger partial charge in [-0.25, -0.2) is 9.89 Å². The van der Waals surface area contributed by atoms with E-state index < -0.39 is 0 Å². The fourth-order valence-electron chi connectivity index (χ4n) is 5.56. The van der Waals surface area contributed by atoms with Crippen molar-refractivity contribution in [1.82, 2.24) is 25.2 Å². The Hall–Kier alpha value is -3.74. The Morgan fingerprint density at radius 3 is 2.76 bits per heavy atom. The van der Waals surface area contributed by atoms with Gasteiger partial charge in [0.05, 0.1) is 24.9 Å². The van der Waals surface area contributed by atoms with E-state index >= 15 is 0 Å². The minimum atomic E-state index is -0.323. The summed E-state index contributed by atoms with van der Waals surface area (Å²) < 4.78 is 7.36. The topological polar surface area (TPSA) is 85.7 Å². The van der Waals surface area contributed by atoms with Gasteiger partial charge in [-0.05, 0) is 58.5 Å². The smallest absolute Gasteiger partial charge is 0.337 e. The number of tetrazole rings is 1. The van der Waals surface area contributed by atoms with Crippen LogP contribution in [0, 0.1) is 0 Å². The van der Waals surface area contributed by atoms with Gasteiger partial charge in [0, 0.05) is 22.0 Å². The number of methoxy groups -OCH3 is 1. The van der Waals surface area contributed by atoms with Gasteiger partial charge in [0.2, 0.25) is 0 Å². The summed E-state index contributed by atoms with van der Waals surface area (Å²) in [5.41, 5.74) is 7.61. The molecule has 0 bridgehead atoms. The van der Waals surface area contributed by atoms with E-state index in [0.717, 1.165) is 16.7 Å². The van der Waals surface area contributed by atoms with Crippen LogP contribution in [0.2, 0.25) is 0 Å². The van der Waals surface area contributed by atoms with E-state index in [2.05, 4.69) is 61.6 Å². The van der Waals surface area contributed by atoms with Crippen LogP contribution in [-0.2, 0) is 11.3 Å². The summed E-state index contributed by atoms with van der Waals surface area (Å²) in [4.78, 5) is 12.4. The number of ether oxygens (including phenoxy) is 1. The van der Waals surface area contributed by atoms with E-state index in [9.17, 15) is 4.79 Å². The van der Waals surface area contributed by atoms with E-state index in [-0.39, 0.29) is 5.97 Å². The molecule has 166 valence electrons. The van der Waals surface area contributed by atoms with Gasteiger partial charge in [-0.15, -0.1) is 5.10 Å². The molecule has 0 saturated heterocycles. The summed E-state index contributed by atoms with van der Waals surface area (Å²) >= 11 is 0. The first-order valence-corrected chi connectivity index (χ1v) is 11.5. The lowest BCUT2D eigenvalue weighted by molar-refractivity contribution is 0.0601. The maximum Gasteiger partial charge on any atom is 0.337 e. The minimum absolute atomic E-state index is 0.323. The van der Waals surface area contributed by atoms with Gasteiger partial charge in [-0.2, -0.15) is 0 Å². The second-order valence-corrected chi connectivity index (χ2v) is 8.91. The molecule has 1 fully saturated rings. The van der Waals surface area contributed by atoms with Crippen molar-refractivity contribution in [3.63, 3.8) is 0 Å². The number of hydrogen-bond donors (Lipinski definition) is 1. The van der Waals surface area contributed by atoms with Crippen LogP contribution in [0.3, 0.4) is 0 Å². The van der Waals surface area contributed by atoms with Crippen LogP contribution in [-0.4, -0.2) is 38.3 Å². The Morgan fingerprint density at radius 1 is 1.12 bits per heavy atom. The number of fused-ring (bicyclic) bond motifs is 5. The normalized spacial score (nSPS) is 16.1. The van der Waals surface area contributed by atoms with E-state index in [0.29, 0.717) is 23.9 Å². The van der Waals surface area contributed by atoms with Crippen LogP contribution in [0.15, 0.2) is 42.5 Å². The molecule has 0 unspecified atom stereocenters. The molecule has 6 rings (SSSR count). The number of benzene rings is 2. The van der Waals surface area contributed by atoms with Gasteiger partial charge < -0.3 is 9.30 Å². The lowest BCUT2D eigenvalue weighted by Gasteiger charge is -2.24. The highest BCUT2D eigenvalue weighted by atomic mass is 16.5. The molecule has 7 heteroatoms. The molecule has 1 aliphatic carbocycles. The van der Waals surface area contributed by atoms with Gasteiger partial charge in [0.1, 0.15) is 0 Å². The second-order valence-electron chi connectivity index (χ2n) is 8.91. The predicted molar refractivity (Wildman–Crippen MR) is 127 cm³/mol. The number of aromatic nitrogens is 5. The summed E-state index contributed by atoms with van der Waals surface area (Å²) in [6.07, 6.45) is 8.37. The lowest BCUT2D eigenvalue weighted by atomic mass is 9.81. The molecule has 1 aliphatic heterocycles. The highest BCUT2D eigenvalue weighted by Gasteiger charge is 2.29. The molecule has 3 heterocycles. The zero-order valence-electron chi connectivity index (χ0n) is 18.5. The third-order valence-electron chi connectivity index (χ3n) is 7.06. The quantitative estimate of drug-likeness (QED) is 0.443. The first-order chi connectivity index (χ1) is 16.2. The number of carbonyl (C=O) groups excluding carboxylic acids is 1.